The third-order valence-corrected chi connectivity index (χ3v) is 27.8. The molecular weight excluding hydrogens is 1950 g/mol. The topological polar surface area (TPSA) is 155 Å². The molecule has 145 heavy (non-hydrogen) atoms. The molecule has 1 fully saturated rings. The van der Waals surface area contributed by atoms with Gasteiger partial charge in [0.05, 0.1) is 0 Å². The largest absolute Gasteiger partial charge is 3.00 e. The minimum absolute atomic E-state index is 0. The van der Waals surface area contributed by atoms with E-state index in [-0.39, 0.29) is 54.1 Å². The molecule has 0 atom stereocenters. The van der Waals surface area contributed by atoms with E-state index >= 15 is 0 Å². The summed E-state index contributed by atoms with van der Waals surface area (Å²) in [4.78, 5) is 61.8. The van der Waals surface area contributed by atoms with Crippen LogP contribution in [0.5, 0.6) is 0 Å². The smallest absolute Gasteiger partial charge is 0.305 e. The van der Waals surface area contributed by atoms with E-state index in [1.165, 1.54) is 33.4 Å². The summed E-state index contributed by atoms with van der Waals surface area (Å²) < 4.78 is 0. The van der Waals surface area contributed by atoms with E-state index < -0.39 is 0 Å². The van der Waals surface area contributed by atoms with Crippen LogP contribution in [0.25, 0.3) is 203 Å². The van der Waals surface area contributed by atoms with Gasteiger partial charge in [0, 0.05) is 68.7 Å². The van der Waals surface area contributed by atoms with Crippen LogP contribution >= 0.6 is 0 Å². The van der Waals surface area contributed by atoms with E-state index in [9.17, 15) is 0 Å². The van der Waals surface area contributed by atoms with Gasteiger partial charge in [-0.1, -0.05) is 458 Å². The monoisotopic (exact) mass is 2050 g/mol. The number of aromatic nitrogens is 12. The van der Waals surface area contributed by atoms with Crippen molar-refractivity contribution in [1.82, 2.24) is 59.8 Å². The molecule has 12 nitrogen and oxygen atoms in total. The van der Waals surface area contributed by atoms with Crippen molar-refractivity contribution in [2.24, 2.45) is 0 Å². The van der Waals surface area contributed by atoms with Crippen LogP contribution in [0.3, 0.4) is 0 Å². The Bertz CT molecular complexity index is 7300. The fourth-order valence-corrected chi connectivity index (χ4v) is 20.0. The van der Waals surface area contributed by atoms with Crippen molar-refractivity contribution in [2.75, 3.05) is 0 Å². The van der Waals surface area contributed by atoms with E-state index in [2.05, 4.69) is 299 Å². The second kappa shape index (κ2) is 40.8. The Morgan fingerprint density at radius 2 is 0.379 bits per heavy atom. The first kappa shape index (κ1) is 94.7. The van der Waals surface area contributed by atoms with Gasteiger partial charge < -0.3 is 15.0 Å². The molecule has 0 N–H and O–H groups in total. The van der Waals surface area contributed by atoms with Gasteiger partial charge in [-0.25, -0.2) is 44.9 Å². The maximum Gasteiger partial charge on any atom is 3.00 e. The van der Waals surface area contributed by atoms with Gasteiger partial charge in [0.15, 0.2) is 52.4 Å². The molecule has 1 aliphatic rings. The van der Waals surface area contributed by atoms with Gasteiger partial charge in [-0.2, -0.15) is 0 Å². The summed E-state index contributed by atoms with van der Waals surface area (Å²) in [5, 5.41) is 0. The van der Waals surface area contributed by atoms with Crippen LogP contribution < -0.4 is 0 Å². The molecule has 6 aromatic heterocycles. The first-order valence-electron chi connectivity index (χ1n) is 49.5. The first-order valence-corrected chi connectivity index (χ1v) is 49.5. The SMILES string of the molecule is CC(C)(C)c1ccnc(-c2[c-]cc(-c3ccccc3C3CC(c4ccccc4-c4c[c-]c(-c5cc(C(C)(C)C)ccn5)cc4-c4ccc(-c5nc(-c6ccccc6)nc(-c6ccccc6)n5)cc4)CC(c4ccccc4-c4c[c-]c(-c5cc(C(C)(C)C)ccn5)cc4-c4ccc(-c5nc(-c6ccccc6)nc(-c6ccccc6)n5)cc4)C3)c(-c3ccc(-c4nc(-c5ccccc5)nc(-c5ccccc5)n4)cc3)c2)c1.[Ir+3]. The van der Waals surface area contributed by atoms with Gasteiger partial charge in [-0.15, -0.1) is 71.3 Å². The molecule has 6 heterocycles. The molecular formula is C132H105IrN12. The molecule has 0 aliphatic heterocycles. The third-order valence-electron chi connectivity index (χ3n) is 27.8. The van der Waals surface area contributed by atoms with E-state index in [0.29, 0.717) is 52.4 Å². The molecule has 21 aromatic rings. The van der Waals surface area contributed by atoms with E-state index in [1.54, 1.807) is 0 Å². The number of hydrogen-bond donors (Lipinski definition) is 0. The standard InChI is InChI=1S/C132H105N12.Ir/c1-130(2,3)103-70-73-133-118(82-103)97-64-67-112(115(79-97)85-52-58-94(59-53-85)127-139-121(88-34-16-10-17-35-88)136-122(140-127)89-36-18-11-19-37-89)109-49-31-28-46-106(109)100-76-101(107-47-29-32-50-110(107)113-68-65-98(119-83-104(71-74-134-119)131(4,5)6)80-116(113)86-54-60-95(61-55-86)128-141-123(90-38-20-12-21-39-90)137-124(142-128)91-40-22-13-23-41-91)78-102(77-100)108-48-30-33-51-111(108)114-69-66-99(120-84-105(72-75-135-120)132(7,8)9)81-117(114)87-56-62-96(63-57-87)129-143-125(92-42-24-14-25-43-92)138-126(144-129)93-44-26-15-27-45-93;/h10-63,67-75,79-84,100-102H,76-78H2,1-9H3;/q-3;+3. The van der Waals surface area contributed by atoms with Crippen LogP contribution in [-0.4, -0.2) is 59.8 Å². The molecule has 0 saturated heterocycles. The van der Waals surface area contributed by atoms with Crippen molar-refractivity contribution in [3.63, 3.8) is 0 Å². The van der Waals surface area contributed by atoms with E-state index in [1.807, 2.05) is 201 Å². The third kappa shape index (κ3) is 20.4. The van der Waals surface area contributed by atoms with Crippen LogP contribution in [0, 0.1) is 18.2 Å². The minimum atomic E-state index is -0.133. The second-order valence-corrected chi connectivity index (χ2v) is 40.5. The summed E-state index contributed by atoms with van der Waals surface area (Å²) in [7, 11) is 0. The van der Waals surface area contributed by atoms with Gasteiger partial charge in [0.1, 0.15) is 0 Å². The quantitative estimate of drug-likeness (QED) is 0.0629. The Balaban J connectivity index is 0.0000124. The average Bonchev–Trinajstić information content (AvgIpc) is 0.754. The van der Waals surface area contributed by atoms with Crippen molar-refractivity contribution in [1.29, 1.82) is 0 Å². The fraction of sp³-hybridized carbons (Fsp3) is 0.136. The number of hydrogen-bond acceptors (Lipinski definition) is 12. The zero-order valence-corrected chi connectivity index (χ0v) is 84.8. The molecule has 0 radical (unpaired) electrons. The maximum absolute atomic E-state index is 5.21. The molecule has 0 unspecified atom stereocenters. The zero-order chi connectivity index (χ0) is 98.0. The Morgan fingerprint density at radius 3 is 0.586 bits per heavy atom. The number of rotatable bonds is 21. The summed E-state index contributed by atoms with van der Waals surface area (Å²) in [6, 6.07) is 153. The van der Waals surface area contributed by atoms with Gasteiger partial charge in [0.25, 0.3) is 0 Å². The average molecular weight is 2050 g/mol. The van der Waals surface area contributed by atoms with Crippen molar-refractivity contribution in [3.8, 4) is 203 Å². The molecule has 1 aliphatic carbocycles. The van der Waals surface area contributed by atoms with Crippen molar-refractivity contribution < 1.29 is 20.1 Å². The normalized spacial score (nSPS) is 13.8. The molecule has 0 amide bonds. The van der Waals surface area contributed by atoms with Gasteiger partial charge in [-0.05, 0) is 139 Å². The Kier molecular flexibility index (Phi) is 26.6. The molecule has 0 bridgehead atoms. The molecule has 22 rings (SSSR count). The van der Waals surface area contributed by atoms with Crippen LogP contribution in [0.2, 0.25) is 0 Å². The molecule has 1 saturated carbocycles. The number of nitrogens with zero attached hydrogens (tertiary/aromatic N) is 12. The fourth-order valence-electron chi connectivity index (χ4n) is 20.0. The zero-order valence-electron chi connectivity index (χ0n) is 82.4. The van der Waals surface area contributed by atoms with Crippen molar-refractivity contribution in [3.05, 3.63) is 471 Å². The minimum Gasteiger partial charge on any atom is -0.305 e. The summed E-state index contributed by atoms with van der Waals surface area (Å²) in [5.74, 6) is 5.29. The number of pyridine rings is 3. The van der Waals surface area contributed by atoms with Crippen molar-refractivity contribution in [2.45, 2.75) is 116 Å². The summed E-state index contributed by atoms with van der Waals surface area (Å²) >= 11 is 0. The van der Waals surface area contributed by atoms with Gasteiger partial charge in [-0.3, -0.25) is 0 Å². The Hall–Kier alpha value is -16.6. The first-order chi connectivity index (χ1) is 70.2. The van der Waals surface area contributed by atoms with Crippen molar-refractivity contribution >= 4 is 0 Å². The van der Waals surface area contributed by atoms with E-state index in [4.69, 9.17) is 59.8 Å². The Labute approximate surface area is 862 Å². The van der Waals surface area contributed by atoms with Crippen LogP contribution in [-0.2, 0) is 36.4 Å². The second-order valence-electron chi connectivity index (χ2n) is 40.5. The molecule has 702 valence electrons. The van der Waals surface area contributed by atoms with Crippen LogP contribution in [0.1, 0.15) is 133 Å². The Morgan fingerprint density at radius 1 is 0.193 bits per heavy atom. The predicted octanol–water partition coefficient (Wildman–Crippen LogP) is 32.6. The predicted molar refractivity (Wildman–Crippen MR) is 585 cm³/mol. The van der Waals surface area contributed by atoms with E-state index in [0.717, 1.165) is 170 Å². The van der Waals surface area contributed by atoms with Crippen LogP contribution in [0.15, 0.2) is 419 Å². The molecule has 15 aromatic carbocycles. The maximum atomic E-state index is 5.21. The number of benzene rings is 15. The molecule has 0 spiro atoms. The summed E-state index contributed by atoms with van der Waals surface area (Å²) in [6.07, 6.45) is 8.28. The summed E-state index contributed by atoms with van der Waals surface area (Å²) in [6.45, 7) is 20.3. The van der Waals surface area contributed by atoms with Gasteiger partial charge in [0.2, 0.25) is 0 Å². The van der Waals surface area contributed by atoms with Gasteiger partial charge >= 0.3 is 20.1 Å². The molecule has 13 heteroatoms. The summed E-state index contributed by atoms with van der Waals surface area (Å²) in [5.41, 5.74) is 32.9. The van der Waals surface area contributed by atoms with Crippen LogP contribution in [0.4, 0.5) is 0 Å².